The van der Waals surface area contributed by atoms with E-state index in [-0.39, 0.29) is 5.43 Å². The van der Waals surface area contributed by atoms with Crippen LogP contribution in [0.15, 0.2) is 51.7 Å². The lowest BCUT2D eigenvalue weighted by molar-refractivity contribution is 0.324. The number of hydrogen-bond acceptors (Lipinski definition) is 5. The van der Waals surface area contributed by atoms with Crippen molar-refractivity contribution in [2.75, 3.05) is 21.3 Å². The van der Waals surface area contributed by atoms with Gasteiger partial charge >= 0.3 is 0 Å². The van der Waals surface area contributed by atoms with Gasteiger partial charge in [-0.25, -0.2) is 0 Å². The monoisotopic (exact) mass is 312 g/mol. The molecule has 23 heavy (non-hydrogen) atoms. The molecule has 1 heterocycles. The second-order valence-corrected chi connectivity index (χ2v) is 4.86. The third-order valence-corrected chi connectivity index (χ3v) is 3.58. The molecule has 0 amide bonds. The lowest BCUT2D eigenvalue weighted by atomic mass is 10.1. The zero-order valence-corrected chi connectivity index (χ0v) is 13.1. The second-order valence-electron chi connectivity index (χ2n) is 4.86. The number of benzene rings is 2. The molecule has 3 aromatic rings. The van der Waals surface area contributed by atoms with Crippen LogP contribution in [0.1, 0.15) is 0 Å². The summed E-state index contributed by atoms with van der Waals surface area (Å²) in [6.07, 6.45) is 0. The first kappa shape index (κ1) is 15.0. The van der Waals surface area contributed by atoms with Gasteiger partial charge in [0, 0.05) is 11.6 Å². The fraction of sp³-hybridized carbons (Fsp3) is 0.167. The van der Waals surface area contributed by atoms with Crippen molar-refractivity contribution in [3.05, 3.63) is 52.7 Å². The zero-order chi connectivity index (χ0) is 16.4. The molecule has 0 aliphatic carbocycles. The second kappa shape index (κ2) is 6.04. The molecule has 0 spiro atoms. The maximum atomic E-state index is 12.5. The van der Waals surface area contributed by atoms with Gasteiger partial charge in [-0.1, -0.05) is 30.3 Å². The Morgan fingerprint density at radius 3 is 2.17 bits per heavy atom. The third kappa shape index (κ3) is 2.50. The molecule has 2 aromatic carbocycles. The highest BCUT2D eigenvalue weighted by Gasteiger charge is 2.20. The molecule has 0 aliphatic heterocycles. The molecule has 0 N–H and O–H groups in total. The van der Waals surface area contributed by atoms with Crippen LogP contribution in [0.25, 0.3) is 22.3 Å². The van der Waals surface area contributed by atoms with E-state index in [0.717, 1.165) is 5.56 Å². The van der Waals surface area contributed by atoms with Crippen LogP contribution in [0.3, 0.4) is 0 Å². The van der Waals surface area contributed by atoms with Crippen molar-refractivity contribution in [2.45, 2.75) is 0 Å². The van der Waals surface area contributed by atoms with Crippen LogP contribution in [-0.4, -0.2) is 21.3 Å². The number of rotatable bonds is 4. The number of fused-ring (bicyclic) bond motifs is 1. The maximum absolute atomic E-state index is 12.5. The third-order valence-electron chi connectivity index (χ3n) is 3.58. The van der Waals surface area contributed by atoms with Gasteiger partial charge in [-0.3, -0.25) is 4.79 Å². The molecule has 0 fully saturated rings. The lowest BCUT2D eigenvalue weighted by Crippen LogP contribution is -2.04. The van der Waals surface area contributed by atoms with E-state index in [0.29, 0.717) is 34.0 Å². The highest BCUT2D eigenvalue weighted by atomic mass is 16.5. The molecule has 118 valence electrons. The Morgan fingerprint density at radius 2 is 1.57 bits per heavy atom. The number of methoxy groups -OCH3 is 3. The predicted octanol–water partition coefficient (Wildman–Crippen LogP) is 3.49. The molecule has 5 heteroatoms. The molecular formula is C18H16O5. The summed E-state index contributed by atoms with van der Waals surface area (Å²) in [5, 5.41) is 0.374. The smallest absolute Gasteiger partial charge is 0.208 e. The summed E-state index contributed by atoms with van der Waals surface area (Å²) in [6, 6.07) is 12.5. The van der Waals surface area contributed by atoms with Gasteiger partial charge in [-0.15, -0.1) is 0 Å². The van der Waals surface area contributed by atoms with E-state index >= 15 is 0 Å². The van der Waals surface area contributed by atoms with E-state index in [1.165, 1.54) is 27.4 Å². The fourth-order valence-corrected chi connectivity index (χ4v) is 2.50. The SMILES string of the molecule is COc1cc2c(=O)cc(-c3ccccc3)oc2c(OC)c1OC. The van der Waals surface area contributed by atoms with Gasteiger partial charge in [-0.05, 0) is 6.07 Å². The average molecular weight is 312 g/mol. The van der Waals surface area contributed by atoms with Gasteiger partial charge in [0.2, 0.25) is 11.5 Å². The van der Waals surface area contributed by atoms with E-state index in [1.807, 2.05) is 30.3 Å². The molecule has 0 aliphatic rings. The summed E-state index contributed by atoms with van der Waals surface area (Å²) in [4.78, 5) is 12.5. The van der Waals surface area contributed by atoms with Gasteiger partial charge in [0.15, 0.2) is 16.8 Å². The Kier molecular flexibility index (Phi) is 3.93. The summed E-state index contributed by atoms with van der Waals surface area (Å²) in [7, 11) is 4.50. The Bertz CT molecular complexity index is 897. The molecule has 0 radical (unpaired) electrons. The van der Waals surface area contributed by atoms with Crippen molar-refractivity contribution >= 4 is 11.0 Å². The minimum atomic E-state index is -0.177. The van der Waals surface area contributed by atoms with Crippen LogP contribution < -0.4 is 19.6 Å². The van der Waals surface area contributed by atoms with E-state index in [2.05, 4.69) is 0 Å². The highest BCUT2D eigenvalue weighted by Crippen LogP contribution is 2.43. The first-order valence-electron chi connectivity index (χ1n) is 7.01. The van der Waals surface area contributed by atoms with Crippen LogP contribution in [-0.2, 0) is 0 Å². The van der Waals surface area contributed by atoms with E-state index in [1.54, 1.807) is 6.07 Å². The van der Waals surface area contributed by atoms with Gasteiger partial charge in [0.25, 0.3) is 0 Å². The van der Waals surface area contributed by atoms with Gasteiger partial charge in [-0.2, -0.15) is 0 Å². The van der Waals surface area contributed by atoms with Crippen LogP contribution in [0.4, 0.5) is 0 Å². The highest BCUT2D eigenvalue weighted by molar-refractivity contribution is 5.89. The van der Waals surface area contributed by atoms with Crippen molar-refractivity contribution in [1.82, 2.24) is 0 Å². The van der Waals surface area contributed by atoms with E-state index in [9.17, 15) is 4.79 Å². The first-order valence-corrected chi connectivity index (χ1v) is 7.01. The normalized spacial score (nSPS) is 10.6. The van der Waals surface area contributed by atoms with Crippen molar-refractivity contribution in [1.29, 1.82) is 0 Å². The molecule has 0 atom stereocenters. The summed E-state index contributed by atoms with van der Waals surface area (Å²) in [5.41, 5.74) is 0.962. The number of ether oxygens (including phenoxy) is 3. The maximum Gasteiger partial charge on any atom is 0.208 e. The van der Waals surface area contributed by atoms with Gasteiger partial charge in [0.05, 0.1) is 26.7 Å². The average Bonchev–Trinajstić information content (AvgIpc) is 2.60. The molecular weight excluding hydrogens is 296 g/mol. The van der Waals surface area contributed by atoms with Crippen LogP contribution in [0.5, 0.6) is 17.2 Å². The summed E-state index contributed by atoms with van der Waals surface area (Å²) in [6.45, 7) is 0. The largest absolute Gasteiger partial charge is 0.493 e. The van der Waals surface area contributed by atoms with Crippen LogP contribution >= 0.6 is 0 Å². The Hall–Kier alpha value is -2.95. The first-order chi connectivity index (χ1) is 11.2. The van der Waals surface area contributed by atoms with Crippen molar-refractivity contribution < 1.29 is 18.6 Å². The summed E-state index contributed by atoms with van der Waals surface area (Å²) >= 11 is 0. The lowest BCUT2D eigenvalue weighted by Gasteiger charge is -2.14. The zero-order valence-electron chi connectivity index (χ0n) is 13.1. The quantitative estimate of drug-likeness (QED) is 0.738. The van der Waals surface area contributed by atoms with Gasteiger partial charge in [0.1, 0.15) is 5.76 Å². The molecule has 5 nitrogen and oxygen atoms in total. The topological polar surface area (TPSA) is 57.9 Å². The Morgan fingerprint density at radius 1 is 0.870 bits per heavy atom. The molecule has 0 unspecified atom stereocenters. The molecule has 0 saturated carbocycles. The Labute approximate surface area is 133 Å². The molecule has 3 rings (SSSR count). The van der Waals surface area contributed by atoms with Crippen molar-refractivity contribution in [2.24, 2.45) is 0 Å². The molecule has 0 bridgehead atoms. The minimum Gasteiger partial charge on any atom is -0.493 e. The predicted molar refractivity (Wildman–Crippen MR) is 87.6 cm³/mol. The fourth-order valence-electron chi connectivity index (χ4n) is 2.50. The van der Waals surface area contributed by atoms with Crippen molar-refractivity contribution in [3.63, 3.8) is 0 Å². The Balaban J connectivity index is 2.37. The minimum absolute atomic E-state index is 0.177. The van der Waals surface area contributed by atoms with Gasteiger partial charge < -0.3 is 18.6 Å². The summed E-state index contributed by atoms with van der Waals surface area (Å²) in [5.74, 6) is 1.60. The van der Waals surface area contributed by atoms with Crippen LogP contribution in [0.2, 0.25) is 0 Å². The summed E-state index contributed by atoms with van der Waals surface area (Å²) < 4.78 is 21.9. The standard InChI is InChI=1S/C18H16O5/c1-20-15-9-12-13(19)10-14(11-7-5-4-6-8-11)23-16(12)18(22-3)17(15)21-2/h4-10H,1-3H3. The number of hydrogen-bond donors (Lipinski definition) is 0. The molecule has 1 aromatic heterocycles. The molecule has 0 saturated heterocycles. The van der Waals surface area contributed by atoms with E-state index < -0.39 is 0 Å². The van der Waals surface area contributed by atoms with Crippen molar-refractivity contribution in [3.8, 4) is 28.6 Å². The van der Waals surface area contributed by atoms with E-state index in [4.69, 9.17) is 18.6 Å². The van der Waals surface area contributed by atoms with Crippen LogP contribution in [0, 0.1) is 0 Å².